The molecule has 2 N–H and O–H groups in total. The maximum atomic E-state index is 11.4. The van der Waals surface area contributed by atoms with Gasteiger partial charge in [-0.3, -0.25) is 0 Å². The molecule has 100 valence electrons. The van der Waals surface area contributed by atoms with Crippen molar-refractivity contribution < 1.29 is 15.0 Å². The minimum atomic E-state index is -0.851. The smallest absolute Gasteiger partial charge is 0.407 e. The molecule has 1 rings (SSSR count). The van der Waals surface area contributed by atoms with Crippen molar-refractivity contribution in [3.05, 3.63) is 0 Å². The Bertz CT molecular complexity index is 264. The molecule has 1 amide bonds. The van der Waals surface area contributed by atoms with E-state index in [1.54, 1.807) is 4.90 Å². The van der Waals surface area contributed by atoms with E-state index in [1.165, 1.54) is 0 Å². The lowest BCUT2D eigenvalue weighted by molar-refractivity contribution is 0.0305. The van der Waals surface area contributed by atoms with Gasteiger partial charge < -0.3 is 15.1 Å². The van der Waals surface area contributed by atoms with Crippen molar-refractivity contribution in [1.82, 2.24) is 4.90 Å². The third-order valence-corrected chi connectivity index (χ3v) is 3.76. The van der Waals surface area contributed by atoms with Crippen LogP contribution in [0.5, 0.6) is 0 Å². The minimum Gasteiger partial charge on any atom is -0.465 e. The minimum absolute atomic E-state index is 0.0139. The molecule has 1 saturated carbocycles. The van der Waals surface area contributed by atoms with Gasteiger partial charge in [0, 0.05) is 11.6 Å². The lowest BCUT2D eigenvalue weighted by Crippen LogP contribution is -2.53. The molecule has 1 atom stereocenters. The van der Waals surface area contributed by atoms with E-state index >= 15 is 0 Å². The largest absolute Gasteiger partial charge is 0.465 e. The van der Waals surface area contributed by atoms with E-state index < -0.39 is 6.09 Å². The van der Waals surface area contributed by atoms with E-state index in [1.807, 2.05) is 27.7 Å². The molecule has 0 spiro atoms. The molecule has 4 heteroatoms. The number of hydrogen-bond acceptors (Lipinski definition) is 2. The molecular formula is C13H25NO3. The number of hydrogen-bond donors (Lipinski definition) is 2. The molecule has 1 aliphatic carbocycles. The molecule has 17 heavy (non-hydrogen) atoms. The maximum absolute atomic E-state index is 11.4. The highest BCUT2D eigenvalue weighted by Gasteiger charge is 2.36. The van der Waals surface area contributed by atoms with Gasteiger partial charge in [0.2, 0.25) is 0 Å². The van der Waals surface area contributed by atoms with Crippen molar-refractivity contribution >= 4 is 6.09 Å². The highest BCUT2D eigenvalue weighted by atomic mass is 16.4. The second-order valence-electron chi connectivity index (χ2n) is 6.13. The summed E-state index contributed by atoms with van der Waals surface area (Å²) in [7, 11) is 0. The van der Waals surface area contributed by atoms with Gasteiger partial charge in [0.05, 0.1) is 6.10 Å². The van der Waals surface area contributed by atoms with Crippen molar-refractivity contribution in [1.29, 1.82) is 0 Å². The monoisotopic (exact) mass is 243 g/mol. The van der Waals surface area contributed by atoms with Gasteiger partial charge in [-0.05, 0) is 59.3 Å². The van der Waals surface area contributed by atoms with E-state index in [4.69, 9.17) is 0 Å². The Morgan fingerprint density at radius 2 is 1.71 bits per heavy atom. The first-order valence-electron chi connectivity index (χ1n) is 6.44. The van der Waals surface area contributed by atoms with Gasteiger partial charge in [-0.25, -0.2) is 4.79 Å². The first-order chi connectivity index (χ1) is 7.73. The maximum Gasteiger partial charge on any atom is 0.407 e. The fourth-order valence-electron chi connectivity index (χ4n) is 2.87. The summed E-state index contributed by atoms with van der Waals surface area (Å²) in [5.74, 6) is 0.369. The number of aliphatic hydroxyl groups is 1. The van der Waals surface area contributed by atoms with Crippen molar-refractivity contribution in [3.63, 3.8) is 0 Å². The second kappa shape index (κ2) is 5.25. The normalized spacial score (nSPS) is 27.6. The van der Waals surface area contributed by atoms with Crippen molar-refractivity contribution in [2.24, 2.45) is 5.92 Å². The van der Waals surface area contributed by atoms with Crippen LogP contribution in [0.3, 0.4) is 0 Å². The van der Waals surface area contributed by atoms with Gasteiger partial charge in [0.15, 0.2) is 0 Å². The number of carbonyl (C=O) groups is 1. The van der Waals surface area contributed by atoms with Gasteiger partial charge in [-0.15, -0.1) is 0 Å². The van der Waals surface area contributed by atoms with Crippen molar-refractivity contribution in [3.8, 4) is 0 Å². The predicted molar refractivity (Wildman–Crippen MR) is 67.0 cm³/mol. The quantitative estimate of drug-likeness (QED) is 0.784. The Kier molecular flexibility index (Phi) is 4.42. The van der Waals surface area contributed by atoms with Crippen LogP contribution < -0.4 is 0 Å². The Balaban J connectivity index is 2.72. The summed E-state index contributed by atoms with van der Waals surface area (Å²) in [6.45, 7) is 7.77. The summed E-state index contributed by atoms with van der Waals surface area (Å²) in [6, 6.07) is 0.0139. The van der Waals surface area contributed by atoms with Gasteiger partial charge in [0.25, 0.3) is 0 Å². The highest BCUT2D eigenvalue weighted by molar-refractivity contribution is 5.66. The first kappa shape index (κ1) is 14.3. The van der Waals surface area contributed by atoms with Crippen LogP contribution in [0, 0.1) is 5.92 Å². The molecular weight excluding hydrogens is 218 g/mol. The van der Waals surface area contributed by atoms with E-state index in [0.717, 1.165) is 25.7 Å². The van der Waals surface area contributed by atoms with Crippen LogP contribution in [-0.2, 0) is 0 Å². The molecule has 0 aliphatic heterocycles. The zero-order valence-corrected chi connectivity index (χ0v) is 11.3. The Morgan fingerprint density at radius 3 is 2.06 bits per heavy atom. The number of amides is 1. The molecule has 1 fully saturated rings. The first-order valence-corrected chi connectivity index (χ1v) is 6.44. The summed E-state index contributed by atoms with van der Waals surface area (Å²) < 4.78 is 0. The standard InChI is InChI=1S/C13H25NO3/c1-9(10-5-7-11(15)8-6-10)14(12(16)17)13(2,3)4/h9-11,15H,5-8H2,1-4H3,(H,16,17)/t9-,10?,11?/m1/s1. The summed E-state index contributed by atoms with van der Waals surface area (Å²) in [4.78, 5) is 12.9. The van der Waals surface area contributed by atoms with Gasteiger partial charge in [0.1, 0.15) is 0 Å². The van der Waals surface area contributed by atoms with E-state index in [9.17, 15) is 15.0 Å². The van der Waals surface area contributed by atoms with Gasteiger partial charge >= 0.3 is 6.09 Å². The number of aliphatic hydroxyl groups excluding tert-OH is 1. The summed E-state index contributed by atoms with van der Waals surface area (Å²) >= 11 is 0. The summed E-state index contributed by atoms with van der Waals surface area (Å²) in [6.07, 6.45) is 2.39. The lowest BCUT2D eigenvalue weighted by Gasteiger charge is -2.43. The second-order valence-corrected chi connectivity index (χ2v) is 6.13. The molecule has 0 bridgehead atoms. The van der Waals surface area contributed by atoms with Crippen LogP contribution in [0.2, 0.25) is 0 Å². The fraction of sp³-hybridized carbons (Fsp3) is 0.923. The van der Waals surface area contributed by atoms with Crippen molar-refractivity contribution in [2.45, 2.75) is 71.1 Å². The fourth-order valence-corrected chi connectivity index (χ4v) is 2.87. The number of nitrogens with zero attached hydrogens (tertiary/aromatic N) is 1. The van der Waals surface area contributed by atoms with Crippen molar-refractivity contribution in [2.75, 3.05) is 0 Å². The van der Waals surface area contributed by atoms with Crippen LogP contribution in [-0.4, -0.2) is 38.9 Å². The van der Waals surface area contributed by atoms with Crippen LogP contribution in [0.1, 0.15) is 53.4 Å². The molecule has 0 aromatic heterocycles. The molecule has 0 radical (unpaired) electrons. The van der Waals surface area contributed by atoms with Crippen LogP contribution in [0.4, 0.5) is 4.79 Å². The Labute approximate surface area is 104 Å². The topological polar surface area (TPSA) is 60.8 Å². The average Bonchev–Trinajstić information content (AvgIpc) is 2.15. The third kappa shape index (κ3) is 3.60. The molecule has 0 aromatic rings. The molecule has 4 nitrogen and oxygen atoms in total. The number of rotatable bonds is 2. The zero-order valence-electron chi connectivity index (χ0n) is 11.3. The van der Waals surface area contributed by atoms with Gasteiger partial charge in [-0.2, -0.15) is 0 Å². The molecule has 0 aromatic carbocycles. The van der Waals surface area contributed by atoms with Crippen LogP contribution >= 0.6 is 0 Å². The highest BCUT2D eigenvalue weighted by Crippen LogP contribution is 2.32. The average molecular weight is 243 g/mol. The van der Waals surface area contributed by atoms with Crippen LogP contribution in [0.15, 0.2) is 0 Å². The predicted octanol–water partition coefficient (Wildman–Crippen LogP) is 2.70. The van der Waals surface area contributed by atoms with Crippen LogP contribution in [0.25, 0.3) is 0 Å². The van der Waals surface area contributed by atoms with Gasteiger partial charge in [-0.1, -0.05) is 0 Å². The summed E-state index contributed by atoms with van der Waals surface area (Å²) in [5, 5.41) is 18.8. The Hall–Kier alpha value is -0.770. The number of carboxylic acid groups (broad SMARTS) is 1. The molecule has 0 unspecified atom stereocenters. The lowest BCUT2D eigenvalue weighted by atomic mass is 9.81. The summed E-state index contributed by atoms with van der Waals surface area (Å²) in [5.41, 5.74) is -0.374. The van der Waals surface area contributed by atoms with E-state index in [0.29, 0.717) is 5.92 Å². The SMILES string of the molecule is C[C@H](C1CCC(O)CC1)N(C(=O)O)C(C)(C)C. The molecule has 0 saturated heterocycles. The van der Waals surface area contributed by atoms with E-state index in [2.05, 4.69) is 0 Å². The third-order valence-electron chi connectivity index (χ3n) is 3.76. The Morgan fingerprint density at radius 1 is 1.24 bits per heavy atom. The molecule has 0 heterocycles. The van der Waals surface area contributed by atoms with E-state index in [-0.39, 0.29) is 17.7 Å². The molecule has 1 aliphatic rings. The zero-order chi connectivity index (χ0) is 13.2.